The van der Waals surface area contributed by atoms with Gasteiger partial charge in [0.05, 0.1) is 4.91 Å². The van der Waals surface area contributed by atoms with Crippen LogP contribution in [0.4, 0.5) is 0 Å². The van der Waals surface area contributed by atoms with Gasteiger partial charge in [0.15, 0.2) is 8.77 Å². The molecule has 0 heterocycles. The predicted octanol–water partition coefficient (Wildman–Crippen LogP) is 1.08. The van der Waals surface area contributed by atoms with Crippen LogP contribution in [0.25, 0.3) is 0 Å². The summed E-state index contributed by atoms with van der Waals surface area (Å²) < 4.78 is 20.0. The first-order valence-electron chi connectivity index (χ1n) is 3.77. The van der Waals surface area contributed by atoms with Gasteiger partial charge in [0.1, 0.15) is 0 Å². The monoisotopic (exact) mass is 235 g/mol. The molecule has 0 saturated heterocycles. The minimum atomic E-state index is -3.42. The Morgan fingerprint density at radius 2 is 2.36 bits per heavy atom. The molecule has 0 saturated carbocycles. The molecule has 1 rings (SSSR count). The van der Waals surface area contributed by atoms with Gasteiger partial charge >= 0.3 is 0 Å². The van der Waals surface area contributed by atoms with E-state index in [-0.39, 0.29) is 11.3 Å². The van der Waals surface area contributed by atoms with Crippen molar-refractivity contribution >= 4 is 20.0 Å². The Hall–Kier alpha value is -0.790. The summed E-state index contributed by atoms with van der Waals surface area (Å²) in [4.78, 5) is 10.2. The van der Waals surface area contributed by atoms with Crippen LogP contribution in [-0.4, -0.2) is 19.2 Å². The lowest BCUT2D eigenvalue weighted by Gasteiger charge is -2.18. The van der Waals surface area contributed by atoms with Crippen LogP contribution in [0.1, 0.15) is 13.3 Å². The van der Waals surface area contributed by atoms with Crippen molar-refractivity contribution in [3.63, 3.8) is 0 Å². The lowest BCUT2D eigenvalue weighted by Crippen LogP contribution is -2.33. The molecule has 0 amide bonds. The summed E-state index contributed by atoms with van der Waals surface area (Å²) in [7, 11) is -3.42. The maximum atomic E-state index is 11.0. The Morgan fingerprint density at radius 3 is 2.64 bits per heavy atom. The summed E-state index contributed by atoms with van der Waals surface area (Å²) in [6.07, 6.45) is 3.98. The Bertz CT molecular complexity index is 423. The highest BCUT2D eigenvalue weighted by Crippen LogP contribution is 2.25. The average molecular weight is 235 g/mol. The van der Waals surface area contributed by atoms with Crippen LogP contribution in [0.2, 0.25) is 0 Å². The highest BCUT2D eigenvalue weighted by molar-refractivity contribution is 8.32. The van der Waals surface area contributed by atoms with Crippen LogP contribution in [0.3, 0.4) is 0 Å². The molecule has 0 radical (unpaired) electrons. The van der Waals surface area contributed by atoms with Gasteiger partial charge in [0.25, 0.3) is 0 Å². The molecule has 1 aliphatic rings. The number of nitrogens with zero attached hydrogens (tertiary/aromatic N) is 1. The fourth-order valence-electron chi connectivity index (χ4n) is 1.03. The molecule has 7 heteroatoms. The third kappa shape index (κ3) is 2.17. The highest BCUT2D eigenvalue weighted by Gasteiger charge is 2.35. The van der Waals surface area contributed by atoms with Crippen molar-refractivity contribution in [2.45, 2.75) is 18.9 Å². The molecular formula is C7H9NO4S2. The van der Waals surface area contributed by atoms with Crippen molar-refractivity contribution in [1.82, 2.24) is 0 Å². The topological polar surface area (TPSA) is 80.4 Å². The zero-order valence-electron chi connectivity index (χ0n) is 7.37. The molecule has 2 atom stereocenters. The number of hydrogen-bond donors (Lipinski definition) is 1. The van der Waals surface area contributed by atoms with Crippen molar-refractivity contribution in [3.05, 3.63) is 33.2 Å². The molecule has 1 aliphatic carbocycles. The fraction of sp³-hybridized carbons (Fsp3) is 0.429. The Morgan fingerprint density at radius 1 is 1.79 bits per heavy atom. The molecule has 0 aromatic carbocycles. The van der Waals surface area contributed by atoms with Gasteiger partial charge in [-0.25, -0.2) is 4.21 Å². The molecule has 0 aromatic rings. The van der Waals surface area contributed by atoms with Gasteiger partial charge in [-0.2, -0.15) is 0 Å². The summed E-state index contributed by atoms with van der Waals surface area (Å²) in [6.45, 7) is 1.44. The third-order valence-corrected chi connectivity index (χ3v) is 3.51. The number of rotatable bonds is 2. The number of nitro groups is 1. The standard InChI is InChI=1S/C7H9NO4S2/c1-7(8(9)10)4-2-6(3-5-7)14(11,12)13/h2-4H,5H2,1H3,(H,11,12,13). The predicted molar refractivity (Wildman–Crippen MR) is 55.4 cm³/mol. The van der Waals surface area contributed by atoms with Gasteiger partial charge in [-0.05, 0) is 12.2 Å². The molecular weight excluding hydrogens is 226 g/mol. The van der Waals surface area contributed by atoms with Gasteiger partial charge in [0, 0.05) is 29.5 Å². The van der Waals surface area contributed by atoms with Crippen LogP contribution in [0, 0.1) is 10.1 Å². The first-order valence-corrected chi connectivity index (χ1v) is 6.21. The molecule has 1 N–H and O–H groups in total. The largest absolute Gasteiger partial charge is 0.302 e. The van der Waals surface area contributed by atoms with Crippen molar-refractivity contribution in [1.29, 1.82) is 0 Å². The smallest absolute Gasteiger partial charge is 0.241 e. The van der Waals surface area contributed by atoms with E-state index < -0.39 is 19.2 Å². The van der Waals surface area contributed by atoms with Crippen LogP contribution in [-0.2, 0) is 20.0 Å². The molecule has 14 heavy (non-hydrogen) atoms. The Labute approximate surface area is 86.2 Å². The summed E-state index contributed by atoms with van der Waals surface area (Å²) in [6, 6.07) is 0. The van der Waals surface area contributed by atoms with Crippen LogP contribution in [0.15, 0.2) is 23.1 Å². The second-order valence-electron chi connectivity index (χ2n) is 3.23. The van der Waals surface area contributed by atoms with E-state index in [0.29, 0.717) is 0 Å². The normalized spacial score (nSPS) is 30.6. The summed E-state index contributed by atoms with van der Waals surface area (Å²) in [5.41, 5.74) is -1.19. The van der Waals surface area contributed by atoms with Crippen molar-refractivity contribution in [2.24, 2.45) is 0 Å². The van der Waals surface area contributed by atoms with Gasteiger partial charge in [0.2, 0.25) is 5.54 Å². The minimum Gasteiger partial charge on any atom is -0.302 e. The van der Waals surface area contributed by atoms with E-state index in [1.165, 1.54) is 25.2 Å². The molecule has 5 nitrogen and oxygen atoms in total. The maximum absolute atomic E-state index is 11.0. The van der Waals surface area contributed by atoms with E-state index in [1.54, 1.807) is 0 Å². The lowest BCUT2D eigenvalue weighted by atomic mass is 9.95. The van der Waals surface area contributed by atoms with E-state index in [1.807, 2.05) is 0 Å². The SMILES string of the molecule is CC1([N+](=O)[O-])C=CC(S(=O)(O)=S)=CC1. The van der Waals surface area contributed by atoms with E-state index in [0.717, 1.165) is 0 Å². The maximum Gasteiger partial charge on any atom is 0.241 e. The Kier molecular flexibility index (Phi) is 2.75. The summed E-state index contributed by atoms with van der Waals surface area (Å²) >= 11 is 4.34. The molecule has 0 aromatic heterocycles. The number of allylic oxidation sites excluding steroid dienone is 1. The number of hydrogen-bond acceptors (Lipinski definition) is 4. The molecule has 0 aliphatic heterocycles. The van der Waals surface area contributed by atoms with Crippen molar-refractivity contribution in [2.75, 3.05) is 0 Å². The van der Waals surface area contributed by atoms with Crippen LogP contribution in [0.5, 0.6) is 0 Å². The van der Waals surface area contributed by atoms with Gasteiger partial charge in [-0.15, -0.1) is 0 Å². The van der Waals surface area contributed by atoms with E-state index in [4.69, 9.17) is 4.55 Å². The van der Waals surface area contributed by atoms with Gasteiger partial charge in [-0.3, -0.25) is 10.1 Å². The van der Waals surface area contributed by atoms with Gasteiger partial charge in [-0.1, -0.05) is 6.08 Å². The molecule has 0 spiro atoms. The van der Waals surface area contributed by atoms with E-state index in [9.17, 15) is 14.3 Å². The average Bonchev–Trinajstić information content (AvgIpc) is 2.03. The summed E-state index contributed by atoms with van der Waals surface area (Å²) in [5, 5.41) is 10.6. The van der Waals surface area contributed by atoms with Gasteiger partial charge < -0.3 is 4.55 Å². The minimum absolute atomic E-state index is 0.0758. The van der Waals surface area contributed by atoms with Crippen LogP contribution < -0.4 is 0 Å². The first-order chi connectivity index (χ1) is 6.26. The third-order valence-electron chi connectivity index (χ3n) is 2.04. The zero-order chi connectivity index (χ0) is 11.0. The Balaban J connectivity index is 2.98. The van der Waals surface area contributed by atoms with Crippen molar-refractivity contribution in [3.8, 4) is 0 Å². The zero-order valence-corrected chi connectivity index (χ0v) is 9.01. The fourth-order valence-corrected chi connectivity index (χ4v) is 1.94. The second-order valence-corrected chi connectivity index (χ2v) is 6.01. The first kappa shape index (κ1) is 11.3. The van der Waals surface area contributed by atoms with E-state index >= 15 is 0 Å². The highest BCUT2D eigenvalue weighted by atomic mass is 32.8. The molecule has 78 valence electrons. The lowest BCUT2D eigenvalue weighted by molar-refractivity contribution is -0.549. The second kappa shape index (κ2) is 3.41. The molecule has 0 bridgehead atoms. The quantitative estimate of drug-likeness (QED) is 0.572. The van der Waals surface area contributed by atoms with Crippen molar-refractivity contribution < 1.29 is 13.7 Å². The van der Waals surface area contributed by atoms with Crippen LogP contribution >= 0.6 is 0 Å². The van der Waals surface area contributed by atoms with E-state index in [2.05, 4.69) is 11.2 Å². The molecule has 0 fully saturated rings. The summed E-state index contributed by atoms with van der Waals surface area (Å²) in [5.74, 6) is 0. The molecule has 2 unspecified atom stereocenters.